The van der Waals surface area contributed by atoms with Crippen molar-refractivity contribution >= 4 is 11.4 Å². The van der Waals surface area contributed by atoms with Gasteiger partial charge < -0.3 is 10.6 Å². The average molecular weight is 262 g/mol. The highest BCUT2D eigenvalue weighted by Crippen LogP contribution is 2.23. The Kier molecular flexibility index (Phi) is 4.00. The summed E-state index contributed by atoms with van der Waals surface area (Å²) in [6.07, 6.45) is 0. The molecule has 0 aliphatic carbocycles. The summed E-state index contributed by atoms with van der Waals surface area (Å²) < 4.78 is 26.8. The molecule has 0 heterocycles. The van der Waals surface area contributed by atoms with Gasteiger partial charge in [-0.05, 0) is 36.8 Å². The summed E-state index contributed by atoms with van der Waals surface area (Å²) in [5.41, 5.74) is 7.47. The molecule has 19 heavy (non-hydrogen) atoms. The van der Waals surface area contributed by atoms with Crippen LogP contribution in [-0.2, 0) is 6.54 Å². The van der Waals surface area contributed by atoms with E-state index in [1.54, 1.807) is 24.3 Å². The first-order chi connectivity index (χ1) is 9.11. The van der Waals surface area contributed by atoms with Crippen LogP contribution >= 0.6 is 0 Å². The Morgan fingerprint density at radius 3 is 2.47 bits per heavy atom. The third kappa shape index (κ3) is 3.02. The van der Waals surface area contributed by atoms with Gasteiger partial charge in [0.05, 0.1) is 5.69 Å². The van der Waals surface area contributed by atoms with Gasteiger partial charge >= 0.3 is 0 Å². The number of para-hydroxylation sites is 1. The molecule has 0 bridgehead atoms. The maximum atomic E-state index is 13.8. The highest BCUT2D eigenvalue weighted by atomic mass is 19.1. The predicted octanol–water partition coefficient (Wildman–Crippen LogP) is 3.57. The van der Waals surface area contributed by atoms with Crippen LogP contribution in [0.15, 0.2) is 42.5 Å². The number of halogens is 2. The number of rotatable bonds is 4. The van der Waals surface area contributed by atoms with Crippen molar-refractivity contribution < 1.29 is 8.78 Å². The zero-order chi connectivity index (χ0) is 13.8. The van der Waals surface area contributed by atoms with E-state index >= 15 is 0 Å². The van der Waals surface area contributed by atoms with Crippen LogP contribution in [0.3, 0.4) is 0 Å². The average Bonchev–Trinajstić information content (AvgIpc) is 2.39. The molecule has 0 saturated heterocycles. The van der Waals surface area contributed by atoms with Crippen LogP contribution in [0.25, 0.3) is 0 Å². The van der Waals surface area contributed by atoms with Crippen molar-refractivity contribution in [3.8, 4) is 0 Å². The molecular weight excluding hydrogens is 246 g/mol. The van der Waals surface area contributed by atoms with Crippen LogP contribution in [0, 0.1) is 11.6 Å². The van der Waals surface area contributed by atoms with Gasteiger partial charge in [0.25, 0.3) is 0 Å². The molecule has 2 rings (SSSR count). The van der Waals surface area contributed by atoms with E-state index in [9.17, 15) is 8.78 Å². The third-order valence-corrected chi connectivity index (χ3v) is 3.04. The molecule has 2 N–H and O–H groups in total. The summed E-state index contributed by atoms with van der Waals surface area (Å²) in [4.78, 5) is 1.86. The first kappa shape index (κ1) is 13.3. The van der Waals surface area contributed by atoms with Crippen LogP contribution in [0.1, 0.15) is 12.5 Å². The summed E-state index contributed by atoms with van der Waals surface area (Å²) >= 11 is 0. The molecule has 0 aliphatic rings. The molecule has 0 saturated carbocycles. The van der Waals surface area contributed by atoms with Gasteiger partial charge in [0.15, 0.2) is 0 Å². The largest absolute Gasteiger partial charge is 0.398 e. The van der Waals surface area contributed by atoms with Crippen molar-refractivity contribution in [3.05, 3.63) is 59.7 Å². The lowest BCUT2D eigenvalue weighted by molar-refractivity contribution is 0.616. The minimum atomic E-state index is -0.366. The maximum Gasteiger partial charge on any atom is 0.146 e. The molecular formula is C15H16F2N2. The first-order valence-electron chi connectivity index (χ1n) is 6.15. The molecule has 2 aromatic rings. The monoisotopic (exact) mass is 262 g/mol. The Bertz CT molecular complexity index is 570. The van der Waals surface area contributed by atoms with Gasteiger partial charge in [-0.25, -0.2) is 8.78 Å². The standard InChI is InChI=1S/C15H16F2N2/c1-2-19(15-6-4-3-5-13(15)17)10-11-7-8-12(16)9-14(11)18/h3-9H,2,10,18H2,1H3. The van der Waals surface area contributed by atoms with Crippen LogP contribution in [0.4, 0.5) is 20.2 Å². The molecule has 0 aliphatic heterocycles. The van der Waals surface area contributed by atoms with Gasteiger partial charge in [-0.15, -0.1) is 0 Å². The molecule has 0 spiro atoms. The fraction of sp³-hybridized carbons (Fsp3) is 0.200. The minimum Gasteiger partial charge on any atom is -0.398 e. The second-order valence-corrected chi connectivity index (χ2v) is 4.31. The molecule has 4 heteroatoms. The quantitative estimate of drug-likeness (QED) is 0.853. The zero-order valence-electron chi connectivity index (χ0n) is 10.7. The number of benzene rings is 2. The number of hydrogen-bond donors (Lipinski definition) is 1. The SMILES string of the molecule is CCN(Cc1ccc(F)cc1N)c1ccccc1F. The zero-order valence-corrected chi connectivity index (χ0v) is 10.7. The van der Waals surface area contributed by atoms with Crippen LogP contribution in [-0.4, -0.2) is 6.54 Å². The van der Waals surface area contributed by atoms with Crippen molar-refractivity contribution in [1.82, 2.24) is 0 Å². The van der Waals surface area contributed by atoms with Crippen LogP contribution in [0.2, 0.25) is 0 Å². The Morgan fingerprint density at radius 1 is 1.11 bits per heavy atom. The van der Waals surface area contributed by atoms with Gasteiger partial charge in [0.2, 0.25) is 0 Å². The molecule has 2 aromatic carbocycles. The van der Waals surface area contributed by atoms with E-state index in [-0.39, 0.29) is 11.6 Å². The lowest BCUT2D eigenvalue weighted by atomic mass is 10.1. The topological polar surface area (TPSA) is 29.3 Å². The molecule has 100 valence electrons. The van der Waals surface area contributed by atoms with Crippen LogP contribution < -0.4 is 10.6 Å². The normalized spacial score (nSPS) is 10.5. The molecule has 0 amide bonds. The Morgan fingerprint density at radius 2 is 1.84 bits per heavy atom. The fourth-order valence-electron chi connectivity index (χ4n) is 1.99. The van der Waals surface area contributed by atoms with E-state index in [1.807, 2.05) is 11.8 Å². The molecule has 0 radical (unpaired) electrons. The van der Waals surface area contributed by atoms with E-state index < -0.39 is 0 Å². The summed E-state index contributed by atoms with van der Waals surface area (Å²) in [7, 11) is 0. The van der Waals surface area contributed by atoms with Crippen molar-refractivity contribution in [2.24, 2.45) is 0 Å². The molecule has 0 atom stereocenters. The molecule has 0 unspecified atom stereocenters. The van der Waals surface area contributed by atoms with Crippen molar-refractivity contribution in [2.75, 3.05) is 17.2 Å². The van der Waals surface area contributed by atoms with E-state index in [1.165, 1.54) is 18.2 Å². The number of hydrogen-bond acceptors (Lipinski definition) is 2. The third-order valence-electron chi connectivity index (χ3n) is 3.04. The van der Waals surface area contributed by atoms with Gasteiger partial charge in [0.1, 0.15) is 11.6 Å². The Hall–Kier alpha value is -2.10. The van der Waals surface area contributed by atoms with Crippen molar-refractivity contribution in [3.63, 3.8) is 0 Å². The highest BCUT2D eigenvalue weighted by molar-refractivity contribution is 5.52. The van der Waals surface area contributed by atoms with Gasteiger partial charge in [-0.3, -0.25) is 0 Å². The summed E-state index contributed by atoms with van der Waals surface area (Å²) in [5, 5.41) is 0. The lowest BCUT2D eigenvalue weighted by Crippen LogP contribution is -2.23. The number of nitrogens with two attached hydrogens (primary N) is 1. The Labute approximate surface area is 111 Å². The van der Waals surface area contributed by atoms with E-state index in [4.69, 9.17) is 5.73 Å². The number of anilines is 2. The van der Waals surface area contributed by atoms with E-state index in [2.05, 4.69) is 0 Å². The number of nitrogen functional groups attached to an aromatic ring is 1. The van der Waals surface area contributed by atoms with Crippen molar-refractivity contribution in [1.29, 1.82) is 0 Å². The van der Waals surface area contributed by atoms with Crippen molar-refractivity contribution in [2.45, 2.75) is 13.5 Å². The molecule has 0 aromatic heterocycles. The molecule has 2 nitrogen and oxygen atoms in total. The second-order valence-electron chi connectivity index (χ2n) is 4.31. The smallest absolute Gasteiger partial charge is 0.146 e. The Balaban J connectivity index is 2.27. The summed E-state index contributed by atoms with van der Waals surface area (Å²) in [6, 6.07) is 10.9. The van der Waals surface area contributed by atoms with E-state index in [0.717, 1.165) is 5.56 Å². The predicted molar refractivity (Wildman–Crippen MR) is 73.9 cm³/mol. The summed E-state index contributed by atoms with van der Waals surface area (Å²) in [5.74, 6) is -0.639. The molecule has 0 fully saturated rings. The van der Waals surface area contributed by atoms with E-state index in [0.29, 0.717) is 24.5 Å². The second kappa shape index (κ2) is 5.69. The maximum absolute atomic E-state index is 13.8. The van der Waals surface area contributed by atoms with Gasteiger partial charge in [-0.2, -0.15) is 0 Å². The minimum absolute atomic E-state index is 0.273. The lowest BCUT2D eigenvalue weighted by Gasteiger charge is -2.24. The first-order valence-corrected chi connectivity index (χ1v) is 6.15. The van der Waals surface area contributed by atoms with Gasteiger partial charge in [0, 0.05) is 18.8 Å². The van der Waals surface area contributed by atoms with Crippen LogP contribution in [0.5, 0.6) is 0 Å². The van der Waals surface area contributed by atoms with Gasteiger partial charge in [-0.1, -0.05) is 18.2 Å². The number of nitrogens with zero attached hydrogens (tertiary/aromatic N) is 1. The highest BCUT2D eigenvalue weighted by Gasteiger charge is 2.11. The summed E-state index contributed by atoms with van der Waals surface area (Å²) in [6.45, 7) is 3.02. The fourth-order valence-corrected chi connectivity index (χ4v) is 1.99.